The molecule has 1 aromatic heterocycles. The van der Waals surface area contributed by atoms with Gasteiger partial charge in [0.15, 0.2) is 0 Å². The van der Waals surface area contributed by atoms with Gasteiger partial charge in [0.05, 0.1) is 12.9 Å². The van der Waals surface area contributed by atoms with Crippen molar-refractivity contribution in [2.24, 2.45) is 11.7 Å². The predicted octanol–water partition coefficient (Wildman–Crippen LogP) is 3.52. The molecule has 336 valence electrons. The SMILES string of the molecule is COC(=O)[C@H](CC(C)C)NC(=O)[C@H](Cc1c[nH]c2ccccc12)NC(=O)[C@H](CCCCN)N1C(=O)CSC[C@@H](NC(=O)OCc2ccccc2)C(=O)N[C@H](Cc2ccccc2)C1=O. The number of hydrogen-bond acceptors (Lipinski definition) is 11. The highest BCUT2D eigenvalue weighted by molar-refractivity contribution is 8.00. The summed E-state index contributed by atoms with van der Waals surface area (Å²) >= 11 is 0.998. The van der Waals surface area contributed by atoms with Crippen LogP contribution in [0.3, 0.4) is 0 Å². The summed E-state index contributed by atoms with van der Waals surface area (Å²) in [7, 11) is 1.23. The van der Waals surface area contributed by atoms with Gasteiger partial charge in [0.2, 0.25) is 23.6 Å². The van der Waals surface area contributed by atoms with Crippen LogP contribution in [0.25, 0.3) is 10.9 Å². The van der Waals surface area contributed by atoms with Crippen LogP contribution in [0.15, 0.2) is 91.1 Å². The molecule has 7 N–H and O–H groups in total. The van der Waals surface area contributed by atoms with Gasteiger partial charge in [0, 0.05) is 35.7 Å². The topological polar surface area (TPSA) is 231 Å². The molecule has 0 aliphatic carbocycles. The number of aromatic amines is 1. The maximum atomic E-state index is 14.9. The molecule has 6 amide bonds. The van der Waals surface area contributed by atoms with E-state index in [0.717, 1.165) is 33.1 Å². The highest BCUT2D eigenvalue weighted by Crippen LogP contribution is 2.22. The number of esters is 1. The summed E-state index contributed by atoms with van der Waals surface area (Å²) in [6.45, 7) is 4.02. The van der Waals surface area contributed by atoms with Crippen molar-refractivity contribution >= 4 is 64.3 Å². The monoisotopic (exact) mass is 883 g/mol. The summed E-state index contributed by atoms with van der Waals surface area (Å²) in [6, 6.07) is 19.0. The Bertz CT molecular complexity index is 2190. The van der Waals surface area contributed by atoms with Crippen molar-refractivity contribution in [1.29, 1.82) is 0 Å². The number of carbonyl (C=O) groups is 7. The molecule has 2 heterocycles. The maximum Gasteiger partial charge on any atom is 0.408 e. The van der Waals surface area contributed by atoms with E-state index in [4.69, 9.17) is 15.2 Å². The fourth-order valence-corrected chi connectivity index (χ4v) is 8.22. The van der Waals surface area contributed by atoms with Gasteiger partial charge in [-0.25, -0.2) is 9.59 Å². The lowest BCUT2D eigenvalue weighted by atomic mass is 9.99. The minimum Gasteiger partial charge on any atom is -0.467 e. The molecular formula is C46H57N7O9S. The summed E-state index contributed by atoms with van der Waals surface area (Å²) in [4.78, 5) is 102. The Morgan fingerprint density at radius 2 is 1.54 bits per heavy atom. The number of para-hydroxylation sites is 1. The first-order valence-electron chi connectivity index (χ1n) is 21.1. The zero-order valence-electron chi connectivity index (χ0n) is 35.8. The number of nitrogens with one attached hydrogen (secondary N) is 5. The summed E-state index contributed by atoms with van der Waals surface area (Å²) in [5, 5.41) is 11.8. The zero-order chi connectivity index (χ0) is 45.3. The molecule has 4 aromatic rings. The molecule has 3 aromatic carbocycles. The fourth-order valence-electron chi connectivity index (χ4n) is 7.32. The molecule has 1 fully saturated rings. The van der Waals surface area contributed by atoms with Crippen LogP contribution in [0.2, 0.25) is 0 Å². The molecule has 0 bridgehead atoms. The van der Waals surface area contributed by atoms with E-state index in [9.17, 15) is 33.6 Å². The molecule has 63 heavy (non-hydrogen) atoms. The summed E-state index contributed by atoms with van der Waals surface area (Å²) in [5.41, 5.74) is 8.75. The third-order valence-electron chi connectivity index (χ3n) is 10.5. The van der Waals surface area contributed by atoms with Crippen molar-refractivity contribution in [2.45, 2.75) is 89.2 Å². The summed E-state index contributed by atoms with van der Waals surface area (Å²) in [6.07, 6.45) is 1.86. The Balaban J connectivity index is 1.46. The van der Waals surface area contributed by atoms with Crippen LogP contribution >= 0.6 is 11.8 Å². The first-order valence-corrected chi connectivity index (χ1v) is 22.2. The van der Waals surface area contributed by atoms with E-state index in [-0.39, 0.29) is 56.3 Å². The number of methoxy groups -OCH3 is 1. The number of thioether (sulfide) groups is 1. The first kappa shape index (κ1) is 47.8. The Morgan fingerprint density at radius 1 is 0.873 bits per heavy atom. The van der Waals surface area contributed by atoms with Crippen LogP contribution in [-0.2, 0) is 57.7 Å². The third-order valence-corrected chi connectivity index (χ3v) is 11.5. The first-order chi connectivity index (χ1) is 30.4. The van der Waals surface area contributed by atoms with Gasteiger partial charge in [0.1, 0.15) is 36.8 Å². The van der Waals surface area contributed by atoms with Gasteiger partial charge in [-0.05, 0) is 60.9 Å². The number of aromatic nitrogens is 1. The quantitative estimate of drug-likeness (QED) is 0.0453. The highest BCUT2D eigenvalue weighted by atomic mass is 32.2. The number of unbranched alkanes of at least 4 members (excludes halogenated alkanes) is 1. The van der Waals surface area contributed by atoms with E-state index < -0.39 is 71.8 Å². The van der Waals surface area contributed by atoms with Crippen LogP contribution in [0.1, 0.15) is 56.2 Å². The van der Waals surface area contributed by atoms with Crippen LogP contribution in [0, 0.1) is 5.92 Å². The second-order valence-corrected chi connectivity index (χ2v) is 16.8. The Labute approximate surface area is 371 Å². The number of rotatable bonds is 19. The minimum atomic E-state index is -1.43. The van der Waals surface area contributed by atoms with Crippen molar-refractivity contribution in [3.05, 3.63) is 108 Å². The molecule has 0 spiro atoms. The molecule has 5 rings (SSSR count). The van der Waals surface area contributed by atoms with Crippen molar-refractivity contribution < 1.29 is 43.0 Å². The second kappa shape index (κ2) is 23.9. The second-order valence-electron chi connectivity index (χ2n) is 15.8. The van der Waals surface area contributed by atoms with Crippen LogP contribution in [0.5, 0.6) is 0 Å². The lowest BCUT2D eigenvalue weighted by Gasteiger charge is -2.35. The molecule has 0 radical (unpaired) electrons. The number of hydrogen-bond donors (Lipinski definition) is 6. The Hall–Kier alpha value is -6.20. The van der Waals surface area contributed by atoms with E-state index >= 15 is 0 Å². The van der Waals surface area contributed by atoms with E-state index in [1.54, 1.807) is 60.8 Å². The molecule has 1 aliphatic rings. The predicted molar refractivity (Wildman–Crippen MR) is 239 cm³/mol. The van der Waals surface area contributed by atoms with Gasteiger partial charge in [-0.1, -0.05) is 92.7 Å². The molecule has 0 saturated carbocycles. The number of nitrogens with zero attached hydrogens (tertiary/aromatic N) is 1. The average molecular weight is 884 g/mol. The van der Waals surface area contributed by atoms with Gasteiger partial charge in [0.25, 0.3) is 5.91 Å². The van der Waals surface area contributed by atoms with Gasteiger partial charge in [-0.2, -0.15) is 0 Å². The number of fused-ring (bicyclic) bond motifs is 1. The van der Waals surface area contributed by atoms with Crippen LogP contribution in [0.4, 0.5) is 4.79 Å². The number of benzene rings is 3. The number of nitrogens with two attached hydrogens (primary N) is 1. The van der Waals surface area contributed by atoms with Crippen LogP contribution < -0.4 is 27.0 Å². The van der Waals surface area contributed by atoms with Crippen LogP contribution in [-0.4, -0.2) is 107 Å². The highest BCUT2D eigenvalue weighted by Gasteiger charge is 2.41. The van der Waals surface area contributed by atoms with E-state index in [2.05, 4.69) is 26.3 Å². The van der Waals surface area contributed by atoms with Gasteiger partial charge in [-0.3, -0.25) is 28.9 Å². The number of H-pyrrole nitrogens is 1. The molecule has 5 atom stereocenters. The molecule has 1 aliphatic heterocycles. The van der Waals surface area contributed by atoms with E-state index in [0.29, 0.717) is 24.0 Å². The van der Waals surface area contributed by atoms with Crippen molar-refractivity contribution in [2.75, 3.05) is 25.2 Å². The van der Waals surface area contributed by atoms with Crippen molar-refractivity contribution in [1.82, 2.24) is 31.2 Å². The molecule has 0 unspecified atom stereocenters. The Morgan fingerprint density at radius 3 is 2.22 bits per heavy atom. The normalized spacial score (nSPS) is 17.3. The number of alkyl carbamates (subject to hydrolysis) is 1. The summed E-state index contributed by atoms with van der Waals surface area (Å²) in [5.74, 6) is -4.75. The number of carbonyl (C=O) groups excluding carboxylic acids is 7. The van der Waals surface area contributed by atoms with Crippen molar-refractivity contribution in [3.63, 3.8) is 0 Å². The molecule has 1 saturated heterocycles. The van der Waals surface area contributed by atoms with E-state index in [1.807, 2.05) is 44.2 Å². The molecule has 17 heteroatoms. The maximum absolute atomic E-state index is 14.9. The van der Waals surface area contributed by atoms with Gasteiger partial charge >= 0.3 is 12.1 Å². The lowest BCUT2D eigenvalue weighted by molar-refractivity contribution is -0.153. The van der Waals surface area contributed by atoms with E-state index in [1.165, 1.54) is 7.11 Å². The smallest absolute Gasteiger partial charge is 0.408 e. The number of imide groups is 1. The molecule has 16 nitrogen and oxygen atoms in total. The Kier molecular flexibility index (Phi) is 18.1. The largest absolute Gasteiger partial charge is 0.467 e. The molecular weight excluding hydrogens is 827 g/mol. The average Bonchev–Trinajstić information content (AvgIpc) is 3.69. The minimum absolute atomic E-state index is 0.00197. The summed E-state index contributed by atoms with van der Waals surface area (Å²) < 4.78 is 10.4. The van der Waals surface area contributed by atoms with Gasteiger partial charge < -0.3 is 41.5 Å². The van der Waals surface area contributed by atoms with Gasteiger partial charge in [-0.15, -0.1) is 11.8 Å². The number of amides is 6. The fraction of sp³-hybridized carbons (Fsp3) is 0.413. The third kappa shape index (κ3) is 13.9. The lowest BCUT2D eigenvalue weighted by Crippen LogP contribution is -2.63. The number of ether oxygens (including phenoxy) is 2. The van der Waals surface area contributed by atoms with Crippen molar-refractivity contribution in [3.8, 4) is 0 Å². The standard InChI is InChI=1S/C46H57N7O9S/c1-29(2)22-37(45(59)61-3)51-41(55)35(24-32-25-48-34-19-11-10-18-33(32)34)49-43(57)39(20-12-13-21-47)53-40(54)28-63-27-38(52-46(60)62-26-31-16-8-5-9-17-31)42(56)50-36(44(53)58)23-30-14-6-4-7-15-30/h4-11,14-19,25,29,35-39,48H,12-13,20-24,26-28,47H2,1-3H3,(H,49,57)(H,50,56)(H,51,55)(H,52,60)/t35-,36+,37-,38+,39-/m0/s1. The zero-order valence-corrected chi connectivity index (χ0v) is 36.6.